The molecular weight excluding hydrogens is 276 g/mol. The molecule has 112 valence electrons. The molecule has 0 radical (unpaired) electrons. The van der Waals surface area contributed by atoms with Crippen LogP contribution in [0.2, 0.25) is 0 Å². The largest absolute Gasteiger partial charge is 0.339 e. The van der Waals surface area contributed by atoms with Crippen LogP contribution in [-0.4, -0.2) is 71.0 Å². The zero-order valence-corrected chi connectivity index (χ0v) is 12.4. The molecule has 3 aliphatic heterocycles. The topological polar surface area (TPSA) is 78.7 Å². The van der Waals surface area contributed by atoms with Crippen molar-refractivity contribution in [3.63, 3.8) is 0 Å². The van der Waals surface area contributed by atoms with Crippen molar-refractivity contribution >= 4 is 22.9 Å². The van der Waals surface area contributed by atoms with Crippen molar-refractivity contribution < 1.29 is 9.59 Å². The van der Waals surface area contributed by atoms with E-state index in [0.29, 0.717) is 17.8 Å². The summed E-state index contributed by atoms with van der Waals surface area (Å²) in [4.78, 5) is 27.9. The summed E-state index contributed by atoms with van der Waals surface area (Å²) in [7, 11) is 0. The van der Waals surface area contributed by atoms with Crippen LogP contribution < -0.4 is 11.1 Å². The standard InChI is InChI=1S/C13H22N4O2S/c14-9-1-4-16(5-2-9)10-3-6-17(7-10)12(18)11-8-20-13(19)15-11/h9-11H,1-8,14H2,(H,15,19). The lowest BCUT2D eigenvalue weighted by Gasteiger charge is -2.34. The van der Waals surface area contributed by atoms with E-state index in [-0.39, 0.29) is 17.2 Å². The van der Waals surface area contributed by atoms with E-state index in [0.717, 1.165) is 45.4 Å². The number of likely N-dealkylation sites (tertiary alicyclic amines) is 2. The molecule has 6 nitrogen and oxygen atoms in total. The van der Waals surface area contributed by atoms with E-state index >= 15 is 0 Å². The summed E-state index contributed by atoms with van der Waals surface area (Å²) in [5, 5.41) is 2.65. The quantitative estimate of drug-likeness (QED) is 0.740. The first-order chi connectivity index (χ1) is 9.63. The van der Waals surface area contributed by atoms with Gasteiger partial charge in [-0.15, -0.1) is 0 Å². The van der Waals surface area contributed by atoms with Crippen molar-refractivity contribution in [3.05, 3.63) is 0 Å². The van der Waals surface area contributed by atoms with Gasteiger partial charge in [0, 0.05) is 30.9 Å². The molecule has 0 spiro atoms. The molecule has 0 aromatic rings. The van der Waals surface area contributed by atoms with Gasteiger partial charge in [-0.25, -0.2) is 0 Å². The smallest absolute Gasteiger partial charge is 0.279 e. The maximum atomic E-state index is 12.3. The van der Waals surface area contributed by atoms with Crippen molar-refractivity contribution in [2.45, 2.75) is 37.4 Å². The fraction of sp³-hybridized carbons (Fsp3) is 0.846. The van der Waals surface area contributed by atoms with Gasteiger partial charge in [0.1, 0.15) is 6.04 Å². The number of carbonyl (C=O) groups excluding carboxylic acids is 2. The highest BCUT2D eigenvalue weighted by Gasteiger charge is 2.37. The number of carbonyl (C=O) groups is 2. The van der Waals surface area contributed by atoms with Gasteiger partial charge in [0.25, 0.3) is 5.24 Å². The van der Waals surface area contributed by atoms with E-state index in [1.165, 1.54) is 11.8 Å². The van der Waals surface area contributed by atoms with E-state index in [9.17, 15) is 9.59 Å². The van der Waals surface area contributed by atoms with Crippen LogP contribution in [0.25, 0.3) is 0 Å². The summed E-state index contributed by atoms with van der Waals surface area (Å²) in [5.41, 5.74) is 5.93. The molecule has 0 bridgehead atoms. The van der Waals surface area contributed by atoms with Crippen molar-refractivity contribution in [2.24, 2.45) is 5.73 Å². The number of hydrogen-bond acceptors (Lipinski definition) is 5. The number of thioether (sulfide) groups is 1. The first-order valence-electron chi connectivity index (χ1n) is 7.35. The lowest BCUT2D eigenvalue weighted by atomic mass is 10.0. The van der Waals surface area contributed by atoms with Crippen LogP contribution in [-0.2, 0) is 4.79 Å². The minimum atomic E-state index is -0.318. The highest BCUT2D eigenvalue weighted by molar-refractivity contribution is 8.14. The Kier molecular flexibility index (Phi) is 4.18. The molecule has 3 fully saturated rings. The Hall–Kier alpha value is -0.790. The van der Waals surface area contributed by atoms with Crippen LogP contribution in [0, 0.1) is 0 Å². The predicted octanol–water partition coefficient (Wildman–Crippen LogP) is -0.165. The average Bonchev–Trinajstić information content (AvgIpc) is 3.08. The molecule has 0 saturated carbocycles. The van der Waals surface area contributed by atoms with E-state index in [1.807, 2.05) is 4.90 Å². The van der Waals surface area contributed by atoms with Crippen LogP contribution in [0.1, 0.15) is 19.3 Å². The van der Waals surface area contributed by atoms with Crippen LogP contribution in [0.4, 0.5) is 4.79 Å². The number of hydrogen-bond donors (Lipinski definition) is 2. The molecule has 3 rings (SSSR count). The van der Waals surface area contributed by atoms with Crippen LogP contribution >= 0.6 is 11.8 Å². The van der Waals surface area contributed by atoms with Gasteiger partial charge in [-0.2, -0.15) is 0 Å². The fourth-order valence-corrected chi connectivity index (χ4v) is 4.03. The minimum absolute atomic E-state index is 0.0795. The van der Waals surface area contributed by atoms with E-state index < -0.39 is 0 Å². The second-order valence-corrected chi connectivity index (χ2v) is 6.89. The first-order valence-corrected chi connectivity index (χ1v) is 8.34. The normalized spacial score (nSPS) is 32.6. The number of nitrogens with zero attached hydrogens (tertiary/aromatic N) is 2. The lowest BCUT2D eigenvalue weighted by molar-refractivity contribution is -0.131. The van der Waals surface area contributed by atoms with E-state index in [1.54, 1.807) is 0 Å². The molecule has 3 N–H and O–H groups in total. The van der Waals surface area contributed by atoms with Crippen molar-refractivity contribution in [2.75, 3.05) is 31.9 Å². The van der Waals surface area contributed by atoms with Crippen LogP contribution in [0.5, 0.6) is 0 Å². The van der Waals surface area contributed by atoms with Gasteiger partial charge in [0.2, 0.25) is 5.91 Å². The molecule has 7 heteroatoms. The molecule has 2 atom stereocenters. The number of amides is 2. The monoisotopic (exact) mass is 298 g/mol. The SMILES string of the molecule is NC1CCN(C2CCN(C(=O)C3CSC(=O)N3)C2)CC1. The molecule has 2 amide bonds. The molecule has 0 aromatic carbocycles. The third-order valence-corrected chi connectivity index (χ3v) is 5.42. The molecule has 0 aromatic heterocycles. The average molecular weight is 298 g/mol. The fourth-order valence-electron chi connectivity index (χ4n) is 3.26. The highest BCUT2D eigenvalue weighted by Crippen LogP contribution is 2.22. The van der Waals surface area contributed by atoms with Crippen molar-refractivity contribution in [3.8, 4) is 0 Å². The highest BCUT2D eigenvalue weighted by atomic mass is 32.2. The summed E-state index contributed by atoms with van der Waals surface area (Å²) >= 11 is 1.20. The molecule has 20 heavy (non-hydrogen) atoms. The summed E-state index contributed by atoms with van der Waals surface area (Å²) in [5.74, 6) is 0.650. The summed E-state index contributed by atoms with van der Waals surface area (Å²) in [6.07, 6.45) is 3.15. The van der Waals surface area contributed by atoms with Crippen molar-refractivity contribution in [1.29, 1.82) is 0 Å². The van der Waals surface area contributed by atoms with Gasteiger partial charge in [0.05, 0.1) is 0 Å². The Labute approximate surface area is 123 Å². The number of piperidine rings is 1. The Bertz CT molecular complexity index is 398. The second kappa shape index (κ2) is 5.91. The first kappa shape index (κ1) is 14.2. The third kappa shape index (κ3) is 2.94. The van der Waals surface area contributed by atoms with Crippen LogP contribution in [0.3, 0.4) is 0 Å². The van der Waals surface area contributed by atoms with Gasteiger partial charge in [0.15, 0.2) is 0 Å². The second-order valence-electron chi connectivity index (χ2n) is 5.90. The third-order valence-electron chi connectivity index (χ3n) is 4.54. The predicted molar refractivity (Wildman–Crippen MR) is 78.5 cm³/mol. The summed E-state index contributed by atoms with van der Waals surface area (Å²) < 4.78 is 0. The maximum Gasteiger partial charge on any atom is 0.279 e. The van der Waals surface area contributed by atoms with E-state index in [4.69, 9.17) is 5.73 Å². The van der Waals surface area contributed by atoms with Gasteiger partial charge in [-0.3, -0.25) is 14.5 Å². The summed E-state index contributed by atoms with van der Waals surface area (Å²) in [6.45, 7) is 3.70. The molecular formula is C13H22N4O2S. The van der Waals surface area contributed by atoms with Gasteiger partial charge in [-0.1, -0.05) is 11.8 Å². The number of rotatable bonds is 2. The number of nitrogens with two attached hydrogens (primary N) is 1. The lowest BCUT2D eigenvalue weighted by Crippen LogP contribution is -2.48. The Morgan fingerprint density at radius 1 is 1.25 bits per heavy atom. The summed E-state index contributed by atoms with van der Waals surface area (Å²) in [6, 6.07) is 0.494. The maximum absolute atomic E-state index is 12.3. The molecule has 3 aliphatic rings. The zero-order valence-electron chi connectivity index (χ0n) is 11.6. The minimum Gasteiger partial charge on any atom is -0.339 e. The Morgan fingerprint density at radius 3 is 2.65 bits per heavy atom. The Balaban J connectivity index is 1.51. The Morgan fingerprint density at radius 2 is 2.00 bits per heavy atom. The molecule has 3 saturated heterocycles. The van der Waals surface area contributed by atoms with Crippen molar-refractivity contribution in [1.82, 2.24) is 15.1 Å². The van der Waals surface area contributed by atoms with Gasteiger partial charge >= 0.3 is 0 Å². The molecule has 0 aliphatic carbocycles. The van der Waals surface area contributed by atoms with E-state index in [2.05, 4.69) is 10.2 Å². The van der Waals surface area contributed by atoms with Crippen LogP contribution in [0.15, 0.2) is 0 Å². The van der Waals surface area contributed by atoms with Gasteiger partial charge in [-0.05, 0) is 32.4 Å². The molecule has 2 unspecified atom stereocenters. The molecule has 3 heterocycles. The number of nitrogens with one attached hydrogen (secondary N) is 1. The van der Waals surface area contributed by atoms with Gasteiger partial charge < -0.3 is 16.0 Å². The zero-order chi connectivity index (χ0) is 14.1.